The molecule has 164 valence electrons. The van der Waals surface area contributed by atoms with Crippen LogP contribution in [-0.2, 0) is 19.5 Å². The number of aliphatic hydroxyl groups excluding tert-OH is 3. The maximum Gasteiger partial charge on any atom is 0.250 e. The molecule has 1 aromatic rings. The minimum Gasteiger partial charge on any atom is -0.388 e. The van der Waals surface area contributed by atoms with Crippen molar-refractivity contribution in [3.05, 3.63) is 34.7 Å². The molecule has 0 unspecified atom stereocenters. The average molecular weight is 439 g/mol. The van der Waals surface area contributed by atoms with E-state index in [0.717, 1.165) is 18.8 Å². The lowest BCUT2D eigenvalue weighted by Crippen LogP contribution is -2.56. The molecule has 3 rings (SSSR count). The Morgan fingerprint density at radius 1 is 1.20 bits per heavy atom. The number of sulfonamides is 1. The van der Waals surface area contributed by atoms with Crippen molar-refractivity contribution < 1.29 is 33.2 Å². The van der Waals surface area contributed by atoms with E-state index in [1.807, 2.05) is 12.1 Å². The molecule has 0 aromatic heterocycles. The van der Waals surface area contributed by atoms with E-state index in [0.29, 0.717) is 18.8 Å². The lowest BCUT2D eigenvalue weighted by Gasteiger charge is -2.35. The van der Waals surface area contributed by atoms with E-state index in [1.165, 1.54) is 6.08 Å². The van der Waals surface area contributed by atoms with Gasteiger partial charge < -0.3 is 29.7 Å². The summed E-state index contributed by atoms with van der Waals surface area (Å²) in [4.78, 5) is 1.66. The Balaban J connectivity index is 1.66. The fourth-order valence-corrected chi connectivity index (χ4v) is 4.19. The molecule has 0 spiro atoms. The molecule has 1 aromatic carbocycles. The van der Waals surface area contributed by atoms with Crippen LogP contribution in [0.15, 0.2) is 29.2 Å². The molecule has 10 nitrogen and oxygen atoms in total. The number of allylic oxidation sites excluding steroid dienone is 1. The monoisotopic (exact) mass is 439 g/mol. The quantitative estimate of drug-likeness (QED) is 0.400. The lowest BCUT2D eigenvalue weighted by molar-refractivity contribution is -0.184. The molecule has 0 saturated carbocycles. The van der Waals surface area contributed by atoms with Crippen molar-refractivity contribution in [2.45, 2.75) is 24.4 Å². The number of morpholine rings is 1. The van der Waals surface area contributed by atoms with E-state index < -0.39 is 39.3 Å². The maximum atomic E-state index is 12.5. The van der Waals surface area contributed by atoms with Crippen LogP contribution < -0.4 is 9.62 Å². The zero-order chi connectivity index (χ0) is 21.7. The van der Waals surface area contributed by atoms with Gasteiger partial charge in [0.2, 0.25) is 0 Å². The predicted molar refractivity (Wildman–Crippen MR) is 108 cm³/mol. The molecule has 4 atom stereocenters. The second-order valence-electron chi connectivity index (χ2n) is 7.08. The second-order valence-corrected chi connectivity index (χ2v) is 8.82. The predicted octanol–water partition coefficient (Wildman–Crippen LogP) is -1.21. The van der Waals surface area contributed by atoms with E-state index in [9.17, 15) is 29.0 Å². The zero-order valence-corrected chi connectivity index (χ0v) is 17.0. The molecule has 30 heavy (non-hydrogen) atoms. The molecule has 2 aliphatic heterocycles. The van der Waals surface area contributed by atoms with E-state index >= 15 is 0 Å². The lowest BCUT2D eigenvalue weighted by atomic mass is 10.0. The van der Waals surface area contributed by atoms with Crippen LogP contribution in [0.2, 0.25) is 0 Å². The average Bonchev–Trinajstić information content (AvgIpc) is 2.76. The van der Waals surface area contributed by atoms with Crippen LogP contribution in [0.5, 0.6) is 0 Å². The molecular formula is C19H25N3O7S. The van der Waals surface area contributed by atoms with Crippen molar-refractivity contribution >= 4 is 21.8 Å². The maximum absolute atomic E-state index is 12.5. The topological polar surface area (TPSA) is 152 Å². The number of anilines is 1. The van der Waals surface area contributed by atoms with Crippen LogP contribution >= 0.6 is 0 Å². The van der Waals surface area contributed by atoms with Crippen molar-refractivity contribution in [1.29, 1.82) is 5.26 Å². The summed E-state index contributed by atoms with van der Waals surface area (Å²) in [5, 5.41) is 38.4. The Labute approximate surface area is 175 Å². The molecule has 2 aliphatic rings. The van der Waals surface area contributed by atoms with Crippen LogP contribution in [0.25, 0.3) is 6.08 Å². The summed E-state index contributed by atoms with van der Waals surface area (Å²) in [6, 6.07) is 8.83. The second kappa shape index (κ2) is 9.84. The minimum absolute atomic E-state index is 0.235. The first-order valence-corrected chi connectivity index (χ1v) is 11.0. The highest BCUT2D eigenvalue weighted by Crippen LogP contribution is 2.20. The summed E-state index contributed by atoms with van der Waals surface area (Å²) in [6.07, 6.45) is -3.95. The van der Waals surface area contributed by atoms with Crippen LogP contribution in [-0.4, -0.2) is 87.6 Å². The van der Waals surface area contributed by atoms with Crippen LogP contribution in [0.4, 0.5) is 5.69 Å². The highest BCUT2D eigenvalue weighted by Gasteiger charge is 2.38. The fourth-order valence-electron chi connectivity index (χ4n) is 3.24. The molecule has 0 amide bonds. The van der Waals surface area contributed by atoms with Gasteiger partial charge >= 0.3 is 0 Å². The van der Waals surface area contributed by atoms with Gasteiger partial charge in [0.25, 0.3) is 10.0 Å². The summed E-state index contributed by atoms with van der Waals surface area (Å²) in [6.45, 7) is 2.26. The number of nitrogens with one attached hydrogen (secondary N) is 1. The number of benzene rings is 1. The molecule has 0 aliphatic carbocycles. The van der Waals surface area contributed by atoms with E-state index in [4.69, 9.17) is 9.47 Å². The number of ether oxygens (including phenoxy) is 2. The number of rotatable bonds is 6. The molecule has 4 N–H and O–H groups in total. The summed E-state index contributed by atoms with van der Waals surface area (Å²) >= 11 is 0. The molecule has 0 bridgehead atoms. The first kappa shape index (κ1) is 22.6. The Bertz CT molecular complexity index is 892. The summed E-state index contributed by atoms with van der Waals surface area (Å²) < 4.78 is 37.7. The van der Waals surface area contributed by atoms with Gasteiger partial charge in [0.1, 0.15) is 24.4 Å². The summed E-state index contributed by atoms with van der Waals surface area (Å²) in [5.41, 5.74) is 1.53. The number of aliphatic hydroxyl groups is 3. The molecule has 2 heterocycles. The molecule has 11 heteroatoms. The third-order valence-corrected chi connectivity index (χ3v) is 6.38. The van der Waals surface area contributed by atoms with Crippen molar-refractivity contribution in [3.63, 3.8) is 0 Å². The van der Waals surface area contributed by atoms with Gasteiger partial charge in [-0.1, -0.05) is 12.1 Å². The number of hydrogen-bond acceptors (Lipinski definition) is 9. The number of nitrogens with zero attached hydrogens (tertiary/aromatic N) is 2. The molecular weight excluding hydrogens is 414 g/mol. The Hall–Kier alpha value is -2.04. The first-order valence-electron chi connectivity index (χ1n) is 9.52. The smallest absolute Gasteiger partial charge is 0.250 e. The van der Waals surface area contributed by atoms with Gasteiger partial charge in [0.15, 0.2) is 4.91 Å². The van der Waals surface area contributed by atoms with Gasteiger partial charge in [-0.05, 0) is 23.8 Å². The van der Waals surface area contributed by atoms with E-state index in [2.05, 4.69) is 9.62 Å². The number of hydrogen-bond donors (Lipinski definition) is 4. The SMILES string of the molecule is N#C/C(=C\c1ccc(N2CCOCC2)cc1)S(=O)(=O)NC[C@H]1OC[C@H](O)[C@@H](O)[C@@H]1O. The largest absolute Gasteiger partial charge is 0.388 e. The molecule has 0 radical (unpaired) electrons. The van der Waals surface area contributed by atoms with Crippen molar-refractivity contribution in [2.75, 3.05) is 44.4 Å². The van der Waals surface area contributed by atoms with Gasteiger partial charge in [0, 0.05) is 25.3 Å². The van der Waals surface area contributed by atoms with Crippen molar-refractivity contribution in [3.8, 4) is 6.07 Å². The standard InChI is InChI=1S/C19H25N3O7S/c20-10-15(9-13-1-3-14(4-2-13)22-5-7-28-8-6-22)30(26,27)21-11-17-19(25)18(24)16(23)12-29-17/h1-4,9,16-19,21,23-25H,5-8,11-12H2/b15-9+/t16-,17+,18+,19+/m0/s1. The molecule has 2 fully saturated rings. The van der Waals surface area contributed by atoms with Gasteiger partial charge in [-0.3, -0.25) is 0 Å². The fraction of sp³-hybridized carbons (Fsp3) is 0.526. The van der Waals surface area contributed by atoms with E-state index in [-0.39, 0.29) is 13.2 Å². The van der Waals surface area contributed by atoms with Crippen LogP contribution in [0.1, 0.15) is 5.56 Å². The van der Waals surface area contributed by atoms with E-state index in [1.54, 1.807) is 18.2 Å². The first-order chi connectivity index (χ1) is 14.3. The van der Waals surface area contributed by atoms with Crippen LogP contribution in [0.3, 0.4) is 0 Å². The minimum atomic E-state index is -4.17. The third-order valence-electron chi connectivity index (χ3n) is 5.05. The van der Waals surface area contributed by atoms with Crippen molar-refractivity contribution in [1.82, 2.24) is 4.72 Å². The van der Waals surface area contributed by atoms with Gasteiger partial charge in [-0.15, -0.1) is 0 Å². The van der Waals surface area contributed by atoms with Crippen molar-refractivity contribution in [2.24, 2.45) is 0 Å². The zero-order valence-electron chi connectivity index (χ0n) is 16.2. The number of nitriles is 1. The Morgan fingerprint density at radius 2 is 1.87 bits per heavy atom. The highest BCUT2D eigenvalue weighted by molar-refractivity contribution is 7.93. The normalized spacial score (nSPS) is 28.2. The molecule has 2 saturated heterocycles. The highest BCUT2D eigenvalue weighted by atomic mass is 32.2. The summed E-state index contributed by atoms with van der Waals surface area (Å²) in [7, 11) is -4.17. The van der Waals surface area contributed by atoms with Gasteiger partial charge in [-0.2, -0.15) is 5.26 Å². The van der Waals surface area contributed by atoms with Crippen LogP contribution in [0, 0.1) is 11.3 Å². The van der Waals surface area contributed by atoms with Gasteiger partial charge in [0.05, 0.1) is 25.9 Å². The third kappa shape index (κ3) is 5.35. The Kier molecular flexibility index (Phi) is 7.43. The van der Waals surface area contributed by atoms with Gasteiger partial charge in [-0.25, -0.2) is 13.1 Å². The Morgan fingerprint density at radius 3 is 2.50 bits per heavy atom. The summed E-state index contributed by atoms with van der Waals surface area (Å²) in [5.74, 6) is 0.